The highest BCUT2D eigenvalue weighted by Crippen LogP contribution is 2.15. The van der Waals surface area contributed by atoms with Gasteiger partial charge in [-0.2, -0.15) is 0 Å². The Morgan fingerprint density at radius 2 is 1.50 bits per heavy atom. The second-order valence-electron chi connectivity index (χ2n) is 2.71. The molecule has 0 fully saturated rings. The minimum atomic E-state index is 0.554. The largest absolute Gasteiger partial charge is 0.247 e. The first kappa shape index (κ1) is 13.5. The molecule has 0 aromatic heterocycles. The summed E-state index contributed by atoms with van der Waals surface area (Å²) in [6, 6.07) is 0. The summed E-state index contributed by atoms with van der Waals surface area (Å²) in [6.45, 7) is 2.12. The van der Waals surface area contributed by atoms with Crippen molar-refractivity contribution in [1.82, 2.24) is 0 Å². The lowest BCUT2D eigenvalue weighted by molar-refractivity contribution is 0.553. The molecule has 0 heterocycles. The van der Waals surface area contributed by atoms with Crippen LogP contribution in [0, 0.1) is 5.92 Å². The number of isocyanates is 2. The molecule has 6 heteroatoms. The Kier molecular flexibility index (Phi) is 10.1. The normalized spacial score (nSPS) is 11.2. The standard InChI is InChI=1S/C8H12N2O2S2/c1-8(2-4-13-9-6-11)3-5-14-10-7-12/h8H,2-5H2,1H3. The van der Waals surface area contributed by atoms with Gasteiger partial charge in [0.2, 0.25) is 12.2 Å². The maximum atomic E-state index is 9.73. The lowest BCUT2D eigenvalue weighted by atomic mass is 10.1. The first-order chi connectivity index (χ1) is 6.81. The van der Waals surface area contributed by atoms with Crippen LogP contribution >= 0.6 is 23.9 Å². The summed E-state index contributed by atoms with van der Waals surface area (Å²) >= 11 is 2.47. The van der Waals surface area contributed by atoms with Crippen molar-refractivity contribution >= 4 is 36.1 Å². The fraction of sp³-hybridized carbons (Fsp3) is 0.750. The maximum absolute atomic E-state index is 9.73. The van der Waals surface area contributed by atoms with Gasteiger partial charge in [-0.3, -0.25) is 0 Å². The Balaban J connectivity index is 3.31. The molecule has 0 aromatic rings. The van der Waals surface area contributed by atoms with Gasteiger partial charge in [0.05, 0.1) is 0 Å². The van der Waals surface area contributed by atoms with Crippen molar-refractivity contribution in [2.24, 2.45) is 14.7 Å². The molecule has 0 aliphatic heterocycles. The third kappa shape index (κ3) is 9.55. The summed E-state index contributed by atoms with van der Waals surface area (Å²) in [5.74, 6) is 2.22. The van der Waals surface area contributed by atoms with Gasteiger partial charge < -0.3 is 0 Å². The zero-order valence-electron chi connectivity index (χ0n) is 7.93. The first-order valence-electron chi connectivity index (χ1n) is 4.19. The molecule has 0 saturated carbocycles. The Morgan fingerprint density at radius 3 is 1.86 bits per heavy atom. The van der Waals surface area contributed by atoms with Crippen molar-refractivity contribution in [1.29, 1.82) is 0 Å². The van der Waals surface area contributed by atoms with Crippen molar-refractivity contribution in [3.05, 3.63) is 0 Å². The van der Waals surface area contributed by atoms with Crippen molar-refractivity contribution < 1.29 is 9.59 Å². The van der Waals surface area contributed by atoms with E-state index in [1.165, 1.54) is 36.1 Å². The molecule has 0 spiro atoms. The number of nitrogens with zero attached hydrogens (tertiary/aromatic N) is 2. The van der Waals surface area contributed by atoms with Gasteiger partial charge in [0.1, 0.15) is 0 Å². The molecule has 0 saturated heterocycles. The van der Waals surface area contributed by atoms with Gasteiger partial charge in [-0.1, -0.05) is 6.92 Å². The third-order valence-corrected chi connectivity index (χ3v) is 2.85. The molecule has 0 N–H and O–H groups in total. The second kappa shape index (κ2) is 10.5. The minimum Gasteiger partial charge on any atom is -0.210 e. The molecule has 14 heavy (non-hydrogen) atoms. The van der Waals surface area contributed by atoms with E-state index in [-0.39, 0.29) is 0 Å². The summed E-state index contributed by atoms with van der Waals surface area (Å²) in [7, 11) is 0. The third-order valence-electron chi connectivity index (χ3n) is 1.61. The Bertz CT molecular complexity index is 211. The Labute approximate surface area is 91.9 Å². The second-order valence-corrected chi connectivity index (χ2v) is 4.41. The van der Waals surface area contributed by atoms with E-state index in [1.54, 1.807) is 0 Å². The highest BCUT2D eigenvalue weighted by Gasteiger charge is 2.01. The van der Waals surface area contributed by atoms with Crippen LogP contribution < -0.4 is 0 Å². The highest BCUT2D eigenvalue weighted by atomic mass is 32.2. The predicted octanol–water partition coefficient (Wildman–Crippen LogP) is 2.37. The van der Waals surface area contributed by atoms with Gasteiger partial charge in [-0.15, -0.1) is 8.80 Å². The molecular formula is C8H12N2O2S2. The average Bonchev–Trinajstić information content (AvgIpc) is 2.19. The van der Waals surface area contributed by atoms with Crippen molar-refractivity contribution in [3.8, 4) is 0 Å². The quantitative estimate of drug-likeness (QED) is 0.279. The summed E-state index contributed by atoms with van der Waals surface area (Å²) in [5, 5.41) is 0. The molecule has 0 rings (SSSR count). The fourth-order valence-corrected chi connectivity index (χ4v) is 2.10. The molecule has 0 unspecified atom stereocenters. The smallest absolute Gasteiger partial charge is 0.210 e. The SMILES string of the molecule is CC(CCSN=C=O)CCSN=C=O. The minimum absolute atomic E-state index is 0.554. The lowest BCUT2D eigenvalue weighted by Crippen LogP contribution is -1.97. The van der Waals surface area contributed by atoms with E-state index in [4.69, 9.17) is 0 Å². The monoisotopic (exact) mass is 232 g/mol. The maximum Gasteiger partial charge on any atom is 0.247 e. The zero-order chi connectivity index (χ0) is 10.6. The topological polar surface area (TPSA) is 58.9 Å². The molecule has 0 bridgehead atoms. The van der Waals surface area contributed by atoms with E-state index < -0.39 is 0 Å². The number of hydrogen-bond acceptors (Lipinski definition) is 6. The summed E-state index contributed by atoms with van der Waals surface area (Å²) in [5.41, 5.74) is 0. The van der Waals surface area contributed by atoms with E-state index in [2.05, 4.69) is 15.7 Å². The van der Waals surface area contributed by atoms with Crippen LogP contribution in [0.25, 0.3) is 0 Å². The van der Waals surface area contributed by atoms with E-state index in [1.807, 2.05) is 0 Å². The molecule has 0 aromatic carbocycles. The van der Waals surface area contributed by atoms with Crippen LogP contribution in [-0.4, -0.2) is 23.7 Å². The summed E-state index contributed by atoms with van der Waals surface area (Å²) in [6.07, 6.45) is 4.96. The molecule has 0 aliphatic carbocycles. The van der Waals surface area contributed by atoms with Crippen molar-refractivity contribution in [2.75, 3.05) is 11.5 Å². The van der Waals surface area contributed by atoms with E-state index >= 15 is 0 Å². The summed E-state index contributed by atoms with van der Waals surface area (Å²) in [4.78, 5) is 19.5. The van der Waals surface area contributed by atoms with Gasteiger partial charge in [0.25, 0.3) is 0 Å². The highest BCUT2D eigenvalue weighted by molar-refractivity contribution is 7.98. The molecular weight excluding hydrogens is 220 g/mol. The van der Waals surface area contributed by atoms with E-state index in [0.29, 0.717) is 5.92 Å². The molecule has 0 radical (unpaired) electrons. The van der Waals surface area contributed by atoms with Crippen molar-refractivity contribution in [2.45, 2.75) is 19.8 Å². The Morgan fingerprint density at radius 1 is 1.07 bits per heavy atom. The lowest BCUT2D eigenvalue weighted by Gasteiger charge is -2.07. The van der Waals surface area contributed by atoms with Gasteiger partial charge in [0.15, 0.2) is 0 Å². The van der Waals surface area contributed by atoms with Gasteiger partial charge >= 0.3 is 0 Å². The van der Waals surface area contributed by atoms with Crippen LogP contribution in [-0.2, 0) is 9.59 Å². The number of hydrogen-bond donors (Lipinski definition) is 0. The van der Waals surface area contributed by atoms with Gasteiger partial charge in [-0.25, -0.2) is 9.59 Å². The Hall–Kier alpha value is -0.540. The first-order valence-corrected chi connectivity index (χ1v) is 6.08. The van der Waals surface area contributed by atoms with E-state index in [9.17, 15) is 9.59 Å². The van der Waals surface area contributed by atoms with Crippen molar-refractivity contribution in [3.63, 3.8) is 0 Å². The van der Waals surface area contributed by atoms with Gasteiger partial charge in [0, 0.05) is 11.5 Å². The van der Waals surface area contributed by atoms with Crippen LogP contribution in [0.15, 0.2) is 8.80 Å². The van der Waals surface area contributed by atoms with Crippen LogP contribution in [0.2, 0.25) is 0 Å². The van der Waals surface area contributed by atoms with E-state index in [0.717, 1.165) is 24.3 Å². The fourth-order valence-electron chi connectivity index (χ4n) is 0.796. The number of rotatable bonds is 8. The number of carbonyl (C=O) groups excluding carboxylic acids is 2. The van der Waals surface area contributed by atoms with Crippen LogP contribution in [0.1, 0.15) is 19.8 Å². The van der Waals surface area contributed by atoms with Crippen LogP contribution in [0.5, 0.6) is 0 Å². The molecule has 0 aliphatic rings. The predicted molar refractivity (Wildman–Crippen MR) is 59.6 cm³/mol. The molecule has 0 amide bonds. The molecule has 0 atom stereocenters. The van der Waals surface area contributed by atoms with Crippen LogP contribution in [0.3, 0.4) is 0 Å². The summed E-state index contributed by atoms with van der Waals surface area (Å²) < 4.78 is 6.78. The van der Waals surface area contributed by atoms with Crippen LogP contribution in [0.4, 0.5) is 0 Å². The average molecular weight is 232 g/mol. The molecule has 4 nitrogen and oxygen atoms in total. The molecule has 78 valence electrons. The van der Waals surface area contributed by atoms with Gasteiger partial charge in [-0.05, 0) is 42.7 Å². The zero-order valence-corrected chi connectivity index (χ0v) is 9.57.